The lowest BCUT2D eigenvalue weighted by Crippen LogP contribution is -1.99. The number of aromatic nitrogens is 2. The maximum absolute atomic E-state index is 6.32. The van der Waals surface area contributed by atoms with E-state index in [1.54, 1.807) is 0 Å². The van der Waals surface area contributed by atoms with E-state index in [9.17, 15) is 0 Å². The Bertz CT molecular complexity index is 6230. The molecule has 3 heteroatoms. The third kappa shape index (κ3) is 7.99. The Morgan fingerprint density at radius 1 is 0.253 bits per heavy atom. The Hall–Kier alpha value is -10.5. The molecule has 3 nitrogen and oxygen atoms in total. The smallest absolute Gasteiger partial charge is 0.135 e. The number of benzene rings is 14. The third-order valence-electron chi connectivity index (χ3n) is 21.2. The van der Waals surface area contributed by atoms with Crippen LogP contribution in [0.4, 0.5) is 0 Å². The van der Waals surface area contributed by atoms with Crippen molar-refractivity contribution in [2.45, 2.75) is 78.1 Å². The van der Waals surface area contributed by atoms with Crippen LogP contribution < -0.4 is 0 Å². The maximum Gasteiger partial charge on any atom is 0.135 e. The van der Waals surface area contributed by atoms with Gasteiger partial charge < -0.3 is 13.2 Å². The molecule has 2 unspecified atom stereocenters. The minimum absolute atomic E-state index is 0.387. The summed E-state index contributed by atoms with van der Waals surface area (Å²) in [5.41, 5.74) is 22.4. The molecule has 19 aromatic rings. The first-order valence-electron chi connectivity index (χ1n) is 32.9. The van der Waals surface area contributed by atoms with Crippen LogP contribution in [-0.4, -0.2) is 8.80 Å². The van der Waals surface area contributed by atoms with Crippen molar-refractivity contribution in [1.29, 1.82) is 0 Å². The van der Waals surface area contributed by atoms with Crippen molar-refractivity contribution >= 4 is 141 Å². The van der Waals surface area contributed by atoms with E-state index in [0.717, 1.165) is 34.8 Å². The Kier molecular flexibility index (Phi) is 11.2. The number of rotatable bonds is 10. The van der Waals surface area contributed by atoms with E-state index < -0.39 is 0 Å². The molecule has 0 bridgehead atoms. The van der Waals surface area contributed by atoms with Crippen molar-refractivity contribution in [3.63, 3.8) is 0 Å². The summed E-state index contributed by atoms with van der Waals surface area (Å²) in [6, 6.07) is 93.1. The molecule has 91 heavy (non-hydrogen) atoms. The van der Waals surface area contributed by atoms with E-state index in [2.05, 4.69) is 293 Å². The third-order valence-corrected chi connectivity index (χ3v) is 21.2. The van der Waals surface area contributed by atoms with Gasteiger partial charge in [-0.1, -0.05) is 193 Å². The predicted molar refractivity (Wildman–Crippen MR) is 390 cm³/mol. The first-order chi connectivity index (χ1) is 44.5. The fourth-order valence-corrected chi connectivity index (χ4v) is 16.0. The number of nitrogens with zero attached hydrogens (tertiary/aromatic N) is 2. The van der Waals surface area contributed by atoms with E-state index in [0.29, 0.717) is 23.7 Å². The van der Waals surface area contributed by atoms with E-state index in [-0.39, 0.29) is 0 Å². The van der Waals surface area contributed by atoms with Gasteiger partial charge in [0.2, 0.25) is 0 Å². The molecule has 0 aliphatic carbocycles. The van der Waals surface area contributed by atoms with Crippen LogP contribution in [0, 0.1) is 0 Å². The van der Waals surface area contributed by atoms with Crippen LogP contribution in [0.1, 0.15) is 100 Å². The van der Waals surface area contributed by atoms with Crippen LogP contribution in [0.15, 0.2) is 247 Å². The normalized spacial score (nSPS) is 13.4. The standard InChI is InChI=1S/C88H66N2O/c1-49(2)56-22-26-61-45-81-72(37-65(61)32-56)77-41-69(55-20-18-54(19-21-55)53-12-8-7-9-13-53)42-78-74-39-67-34-58(24-28-63(67)47-83(74)89(81)87(77)78)51(5)16-17-52(6)59-25-29-64-48-84-75(40-68(64)35-59)80-44-70(60-30-31-86-76(36-60)71-14-10-11-15-85(71)91-86)43-79-73-38-66-33-57(50(3)4)23-27-62(66)46-82(73)90(84)88(79)80/h7-15,18-52H,16-17H2,1-6H3. The quantitative estimate of drug-likeness (QED) is 0.134. The second-order valence-corrected chi connectivity index (χ2v) is 27.4. The van der Waals surface area contributed by atoms with Crippen molar-refractivity contribution in [2.75, 3.05) is 0 Å². The summed E-state index contributed by atoms with van der Waals surface area (Å²) in [7, 11) is 0. The summed E-state index contributed by atoms with van der Waals surface area (Å²) in [5.74, 6) is 1.70. The molecule has 0 spiro atoms. The summed E-state index contributed by atoms with van der Waals surface area (Å²) in [4.78, 5) is 0. The molecule has 19 rings (SSSR count). The van der Waals surface area contributed by atoms with Crippen LogP contribution in [0.2, 0.25) is 0 Å². The zero-order valence-corrected chi connectivity index (χ0v) is 52.1. The minimum atomic E-state index is 0.387. The lowest BCUT2D eigenvalue weighted by Gasteiger charge is -2.17. The monoisotopic (exact) mass is 1170 g/mol. The minimum Gasteiger partial charge on any atom is -0.456 e. The molecular weight excluding hydrogens is 1100 g/mol. The first kappa shape index (κ1) is 52.5. The molecule has 0 fully saturated rings. The molecule has 434 valence electrons. The average molecular weight is 1170 g/mol. The molecule has 0 saturated heterocycles. The van der Waals surface area contributed by atoms with Gasteiger partial charge in [0.25, 0.3) is 0 Å². The van der Waals surface area contributed by atoms with Gasteiger partial charge in [0.1, 0.15) is 11.2 Å². The van der Waals surface area contributed by atoms with Gasteiger partial charge in [-0.05, 0) is 226 Å². The molecule has 14 aromatic carbocycles. The van der Waals surface area contributed by atoms with E-state index in [4.69, 9.17) is 4.42 Å². The lowest BCUT2D eigenvalue weighted by molar-refractivity contribution is 0.574. The Balaban J connectivity index is 0.673. The van der Waals surface area contributed by atoms with Crippen molar-refractivity contribution in [2.24, 2.45) is 0 Å². The number of hydrogen-bond donors (Lipinski definition) is 0. The van der Waals surface area contributed by atoms with Crippen LogP contribution in [-0.2, 0) is 0 Å². The summed E-state index contributed by atoms with van der Waals surface area (Å²) >= 11 is 0. The molecule has 0 N–H and O–H groups in total. The molecule has 0 saturated carbocycles. The molecule has 2 atom stereocenters. The number of furan rings is 1. The fraction of sp³-hybridized carbons (Fsp3) is 0.136. The fourth-order valence-electron chi connectivity index (χ4n) is 16.0. The summed E-state index contributed by atoms with van der Waals surface area (Å²) in [5, 5.41) is 23.0. The molecule has 0 aliphatic heterocycles. The van der Waals surface area contributed by atoms with Crippen LogP contribution >= 0.6 is 0 Å². The molecule has 0 radical (unpaired) electrons. The topological polar surface area (TPSA) is 22.0 Å². The molecule has 5 aromatic heterocycles. The van der Waals surface area contributed by atoms with Gasteiger partial charge in [-0.2, -0.15) is 0 Å². The number of fused-ring (bicyclic) bond motifs is 19. The van der Waals surface area contributed by atoms with Gasteiger partial charge in [0.15, 0.2) is 0 Å². The molecule has 0 amide bonds. The first-order valence-corrected chi connectivity index (χ1v) is 32.9. The van der Waals surface area contributed by atoms with Gasteiger partial charge in [0.05, 0.1) is 33.1 Å². The zero-order chi connectivity index (χ0) is 60.7. The van der Waals surface area contributed by atoms with Crippen molar-refractivity contribution in [3.8, 4) is 33.4 Å². The summed E-state index contributed by atoms with van der Waals surface area (Å²) in [6.45, 7) is 14.0. The largest absolute Gasteiger partial charge is 0.456 e. The van der Waals surface area contributed by atoms with Gasteiger partial charge in [-0.25, -0.2) is 0 Å². The second kappa shape index (κ2) is 19.5. The number of para-hydroxylation sites is 1. The Labute approximate surface area is 527 Å². The highest BCUT2D eigenvalue weighted by molar-refractivity contribution is 6.29. The highest BCUT2D eigenvalue weighted by atomic mass is 16.3. The Morgan fingerprint density at radius 3 is 1.05 bits per heavy atom. The average Bonchev–Trinajstić information content (AvgIpc) is 1.55. The number of hydrogen-bond acceptors (Lipinski definition) is 1. The summed E-state index contributed by atoms with van der Waals surface area (Å²) < 4.78 is 11.4. The van der Waals surface area contributed by atoms with Crippen LogP contribution in [0.25, 0.3) is 175 Å². The molecule has 5 heterocycles. The van der Waals surface area contributed by atoms with E-state index in [1.165, 1.54) is 175 Å². The summed E-state index contributed by atoms with van der Waals surface area (Å²) in [6.07, 6.45) is 2.19. The van der Waals surface area contributed by atoms with Crippen LogP contribution in [0.5, 0.6) is 0 Å². The maximum atomic E-state index is 6.32. The SMILES string of the molecule is CC(C)c1ccc2cc3c(cc2c1)c1cc(-c2ccc(-c4ccccc4)cc2)cc2c4cc5cc(C(C)CCC(C)c6ccc7cc8c(cc7c6)c6cc(-c7ccc9oc%10ccccc%10c9c7)cc7c9cc%10cc(C(C)C)ccc%10cc9n8c76)ccc5cc4n3c12. The molecule has 0 aliphatic rings. The second-order valence-electron chi connectivity index (χ2n) is 27.4. The van der Waals surface area contributed by atoms with Gasteiger partial charge in [0, 0.05) is 53.9 Å². The highest BCUT2D eigenvalue weighted by Gasteiger charge is 2.24. The van der Waals surface area contributed by atoms with Crippen molar-refractivity contribution in [3.05, 3.63) is 265 Å². The predicted octanol–water partition coefficient (Wildman–Crippen LogP) is 25.4. The van der Waals surface area contributed by atoms with Gasteiger partial charge >= 0.3 is 0 Å². The van der Waals surface area contributed by atoms with Gasteiger partial charge in [-0.15, -0.1) is 0 Å². The van der Waals surface area contributed by atoms with Crippen molar-refractivity contribution < 1.29 is 4.42 Å². The van der Waals surface area contributed by atoms with Crippen molar-refractivity contribution in [1.82, 2.24) is 8.80 Å². The highest BCUT2D eigenvalue weighted by Crippen LogP contribution is 2.48. The lowest BCUT2D eigenvalue weighted by atomic mass is 9.87. The van der Waals surface area contributed by atoms with E-state index >= 15 is 0 Å². The Morgan fingerprint density at radius 2 is 0.604 bits per heavy atom. The van der Waals surface area contributed by atoms with Crippen LogP contribution in [0.3, 0.4) is 0 Å². The van der Waals surface area contributed by atoms with Gasteiger partial charge in [-0.3, -0.25) is 0 Å². The molecular formula is C88H66N2O. The van der Waals surface area contributed by atoms with E-state index in [1.807, 2.05) is 0 Å². The zero-order valence-electron chi connectivity index (χ0n) is 52.1.